The molecular weight excluding hydrogens is 955 g/mol. The van der Waals surface area contributed by atoms with Gasteiger partial charge in [-0.25, -0.2) is 21.6 Å². The Morgan fingerprint density at radius 2 is 1.46 bits per heavy atom. The number of aliphatic hydroxyl groups is 2. The van der Waals surface area contributed by atoms with Gasteiger partial charge < -0.3 is 20.4 Å². The molecule has 11 nitrogen and oxygen atoms in total. The van der Waals surface area contributed by atoms with Crippen LogP contribution in [0, 0.1) is 5.92 Å². The third-order valence-electron chi connectivity index (χ3n) is 12.4. The number of carbonyl (C=O) groups excluding carboxylic acids is 1. The van der Waals surface area contributed by atoms with Crippen molar-refractivity contribution in [1.82, 2.24) is 9.62 Å². The number of sulfone groups is 1. The van der Waals surface area contributed by atoms with Crippen LogP contribution in [0.25, 0.3) is 11.1 Å². The largest absolute Gasteiger partial charge is 0.501 e. The van der Waals surface area contributed by atoms with Gasteiger partial charge in [-0.3, -0.25) is 9.69 Å². The van der Waals surface area contributed by atoms with Gasteiger partial charge in [0, 0.05) is 53.6 Å². The van der Waals surface area contributed by atoms with E-state index < -0.39 is 70.6 Å². The minimum absolute atomic E-state index is 0.0592. The van der Waals surface area contributed by atoms with Gasteiger partial charge in [0.1, 0.15) is 4.90 Å². The molecule has 20 heteroatoms. The molecule has 4 N–H and O–H groups in total. The molecule has 68 heavy (non-hydrogen) atoms. The van der Waals surface area contributed by atoms with Crippen LogP contribution in [0.5, 0.6) is 0 Å². The molecule has 0 aromatic heterocycles. The Hall–Kier alpha value is -5.12. The summed E-state index contributed by atoms with van der Waals surface area (Å²) in [6.45, 7) is 2.00. The zero-order valence-corrected chi connectivity index (χ0v) is 38.9. The van der Waals surface area contributed by atoms with E-state index in [0.717, 1.165) is 42.0 Å². The van der Waals surface area contributed by atoms with Crippen molar-refractivity contribution in [2.24, 2.45) is 5.92 Å². The lowest BCUT2D eigenvalue weighted by molar-refractivity contribution is -0.137. The van der Waals surface area contributed by atoms with Gasteiger partial charge in [-0.2, -0.15) is 26.3 Å². The Balaban J connectivity index is 1.03. The van der Waals surface area contributed by atoms with Crippen molar-refractivity contribution in [3.63, 3.8) is 0 Å². The first kappa shape index (κ1) is 50.7. The monoisotopic (exact) mass is 1000 g/mol. The maximum atomic E-state index is 14.2. The quantitative estimate of drug-likeness (QED) is 0.0521. The number of hydrogen-bond acceptors (Lipinski definition) is 11. The molecule has 2 heterocycles. The van der Waals surface area contributed by atoms with Gasteiger partial charge in [0.15, 0.2) is 0 Å². The van der Waals surface area contributed by atoms with Crippen LogP contribution in [0.2, 0.25) is 0 Å². The number of benzene rings is 5. The van der Waals surface area contributed by atoms with Crippen LogP contribution in [0.15, 0.2) is 136 Å². The molecule has 7 rings (SSSR count). The fraction of sp³-hybridized carbons (Fsp3) is 0.354. The summed E-state index contributed by atoms with van der Waals surface area (Å²) < 4.78 is 137. The number of thioether (sulfide) groups is 1. The fourth-order valence-electron chi connectivity index (χ4n) is 8.80. The van der Waals surface area contributed by atoms with Gasteiger partial charge >= 0.3 is 11.7 Å². The summed E-state index contributed by atoms with van der Waals surface area (Å²) in [5, 5.41) is 24.1. The Labute approximate surface area is 395 Å². The Morgan fingerprint density at radius 1 is 0.794 bits per heavy atom. The molecule has 0 aliphatic carbocycles. The number of amides is 1. The van der Waals surface area contributed by atoms with E-state index in [4.69, 9.17) is 0 Å². The molecule has 3 atom stereocenters. The van der Waals surface area contributed by atoms with E-state index in [2.05, 4.69) is 10.2 Å². The van der Waals surface area contributed by atoms with Gasteiger partial charge in [-0.05, 0) is 128 Å². The lowest BCUT2D eigenvalue weighted by Crippen LogP contribution is -2.38. The molecule has 5 aromatic rings. The van der Waals surface area contributed by atoms with Crippen molar-refractivity contribution in [2.75, 3.05) is 48.8 Å². The minimum Gasteiger partial charge on any atom is -0.395 e. The zero-order chi connectivity index (χ0) is 48.9. The summed E-state index contributed by atoms with van der Waals surface area (Å²) in [5.74, 6) is -0.995. The number of carbonyl (C=O) groups is 1. The first-order valence-electron chi connectivity index (χ1n) is 21.9. The minimum atomic E-state index is -6.13. The molecule has 2 aliphatic heterocycles. The van der Waals surface area contributed by atoms with E-state index in [0.29, 0.717) is 79.6 Å². The molecule has 0 bridgehead atoms. The average molecular weight is 1010 g/mol. The SMILES string of the molecule is O=C(NS(=O)(=O)c1ccc(NC(CSc2ccccc2)C[C@H]2CCCN2CCO)c(S(=O)(=O)C(F)(F)F)c1)c1ccc(N2CCC(C(O)c3ccccc3-c3ccc(C(F)(F)F)cc3)CC2)cc1. The number of alkyl halides is 6. The van der Waals surface area contributed by atoms with Crippen LogP contribution in [0.3, 0.4) is 0 Å². The maximum Gasteiger partial charge on any atom is 0.501 e. The van der Waals surface area contributed by atoms with Gasteiger partial charge in [0.25, 0.3) is 25.8 Å². The van der Waals surface area contributed by atoms with E-state index in [1.807, 2.05) is 40.0 Å². The molecule has 2 fully saturated rings. The van der Waals surface area contributed by atoms with Crippen LogP contribution in [-0.2, 0) is 26.0 Å². The number of likely N-dealkylation sites (tertiary alicyclic amines) is 1. The summed E-state index contributed by atoms with van der Waals surface area (Å²) in [5.41, 5.74) is -4.72. The van der Waals surface area contributed by atoms with Crippen LogP contribution in [0.4, 0.5) is 37.7 Å². The Kier molecular flexibility index (Phi) is 15.9. The highest BCUT2D eigenvalue weighted by molar-refractivity contribution is 7.99. The topological polar surface area (TPSA) is 156 Å². The molecule has 0 spiro atoms. The normalized spacial score (nSPS) is 17.5. The second-order valence-corrected chi connectivity index (χ2v) is 21.5. The molecule has 0 saturated carbocycles. The number of piperidine rings is 1. The highest BCUT2D eigenvalue weighted by Gasteiger charge is 2.48. The van der Waals surface area contributed by atoms with E-state index >= 15 is 0 Å². The molecular formula is C48H50F6N4O7S3. The van der Waals surface area contributed by atoms with Crippen molar-refractivity contribution in [3.05, 3.63) is 138 Å². The molecule has 2 aliphatic rings. The first-order chi connectivity index (χ1) is 32.2. The smallest absolute Gasteiger partial charge is 0.395 e. The number of halogens is 6. The average Bonchev–Trinajstić information content (AvgIpc) is 3.76. The number of nitrogens with one attached hydrogen (secondary N) is 2. The zero-order valence-electron chi connectivity index (χ0n) is 36.5. The second-order valence-electron chi connectivity index (χ2n) is 16.8. The highest BCUT2D eigenvalue weighted by Crippen LogP contribution is 2.40. The molecule has 1 amide bonds. The van der Waals surface area contributed by atoms with E-state index in [-0.39, 0.29) is 24.1 Å². The van der Waals surface area contributed by atoms with Gasteiger partial charge in [-0.1, -0.05) is 54.6 Å². The van der Waals surface area contributed by atoms with Crippen molar-refractivity contribution in [3.8, 4) is 11.1 Å². The number of hydrogen-bond donors (Lipinski definition) is 4. The standard InChI is InChI=1S/C48H50F6N4O7S3/c49-47(50,51)35-16-12-32(13-17-35)41-10-4-5-11-42(41)45(60)33-22-25-58(26-23-33)37-18-14-34(15-19-37)46(61)56-68(64,65)40-20-21-43(44(30-40)67(62,63)48(52,53)54)55-36(31-66-39-8-2-1-3-9-39)29-38-7-6-24-57(38)27-28-59/h1-5,8-21,30,33,36,38,45,55,59-60H,6-7,22-29,31H2,(H,56,61)/t36?,38-,45?/m1/s1. The van der Waals surface area contributed by atoms with Crippen LogP contribution < -0.4 is 14.9 Å². The number of anilines is 2. The van der Waals surface area contributed by atoms with E-state index in [1.165, 1.54) is 36.0 Å². The summed E-state index contributed by atoms with van der Waals surface area (Å²) in [7, 11) is -11.1. The lowest BCUT2D eigenvalue weighted by atomic mass is 9.84. The number of sulfonamides is 1. The van der Waals surface area contributed by atoms with Crippen molar-refractivity contribution >= 4 is 48.9 Å². The lowest BCUT2D eigenvalue weighted by Gasteiger charge is -2.36. The Bertz CT molecular complexity index is 2740. The number of nitrogens with zero attached hydrogens (tertiary/aromatic N) is 2. The predicted molar refractivity (Wildman–Crippen MR) is 248 cm³/mol. The van der Waals surface area contributed by atoms with Crippen molar-refractivity contribution in [1.29, 1.82) is 0 Å². The first-order valence-corrected chi connectivity index (χ1v) is 25.8. The van der Waals surface area contributed by atoms with E-state index in [9.17, 15) is 58.2 Å². The predicted octanol–water partition coefficient (Wildman–Crippen LogP) is 9.15. The maximum absolute atomic E-state index is 14.2. The van der Waals surface area contributed by atoms with Crippen LogP contribution >= 0.6 is 11.8 Å². The summed E-state index contributed by atoms with van der Waals surface area (Å²) >= 11 is 1.41. The summed E-state index contributed by atoms with van der Waals surface area (Å²) in [6, 6.07) is 28.5. The number of aliphatic hydroxyl groups excluding tert-OH is 2. The van der Waals surface area contributed by atoms with Gasteiger partial charge in [-0.15, -0.1) is 11.8 Å². The van der Waals surface area contributed by atoms with Crippen LogP contribution in [0.1, 0.15) is 59.7 Å². The molecule has 2 unspecified atom stereocenters. The molecule has 364 valence electrons. The number of β-amino-alcohol motifs (C(OH)–C–C–N with tert-alkyl or cyclic N) is 1. The highest BCUT2D eigenvalue weighted by atomic mass is 32.2. The van der Waals surface area contributed by atoms with Crippen molar-refractivity contribution in [2.45, 2.75) is 76.7 Å². The third-order valence-corrected chi connectivity index (χ3v) is 16.4. The number of rotatable bonds is 17. The van der Waals surface area contributed by atoms with Crippen molar-refractivity contribution < 1.29 is 58.2 Å². The second kappa shape index (κ2) is 21.3. The Morgan fingerprint density at radius 3 is 2.10 bits per heavy atom. The third kappa shape index (κ3) is 12.0. The molecule has 2 saturated heterocycles. The van der Waals surface area contributed by atoms with Gasteiger partial charge in [0.05, 0.1) is 28.9 Å². The van der Waals surface area contributed by atoms with Crippen LogP contribution in [-0.4, -0.2) is 94.0 Å². The molecule has 5 aromatic carbocycles. The van der Waals surface area contributed by atoms with E-state index in [1.54, 1.807) is 36.4 Å². The fourth-order valence-corrected chi connectivity index (χ4v) is 11.8. The molecule has 0 radical (unpaired) electrons. The summed E-state index contributed by atoms with van der Waals surface area (Å²) in [6.07, 6.45) is -2.34. The summed E-state index contributed by atoms with van der Waals surface area (Å²) in [4.78, 5) is 16.1. The van der Waals surface area contributed by atoms with Gasteiger partial charge in [0.2, 0.25) is 0 Å².